The summed E-state index contributed by atoms with van der Waals surface area (Å²) in [5.41, 5.74) is 1.01. The zero-order valence-corrected chi connectivity index (χ0v) is 16.6. The summed E-state index contributed by atoms with van der Waals surface area (Å²) in [7, 11) is 0. The van der Waals surface area contributed by atoms with Gasteiger partial charge in [-0.15, -0.1) is 0 Å². The van der Waals surface area contributed by atoms with Crippen molar-refractivity contribution in [2.24, 2.45) is 16.8 Å². The summed E-state index contributed by atoms with van der Waals surface area (Å²) in [5.74, 6) is 4.02. The van der Waals surface area contributed by atoms with Gasteiger partial charge in [0.25, 0.3) is 0 Å². The van der Waals surface area contributed by atoms with E-state index in [9.17, 15) is 0 Å². The SMILES string of the molecule is CCNC(=NCC(C)C)NCC1CCN(Cc2nc(C)c(C)o2)CC1. The van der Waals surface area contributed by atoms with Crippen LogP contribution in [-0.2, 0) is 6.54 Å². The largest absolute Gasteiger partial charge is 0.444 e. The molecule has 142 valence electrons. The first-order chi connectivity index (χ1) is 12.0. The Balaban J connectivity index is 1.73. The Hall–Kier alpha value is -1.56. The third-order valence-electron chi connectivity index (χ3n) is 4.66. The fourth-order valence-electron chi connectivity index (χ4n) is 3.00. The van der Waals surface area contributed by atoms with Crippen LogP contribution in [0.2, 0.25) is 0 Å². The molecule has 1 aromatic rings. The van der Waals surface area contributed by atoms with Crippen molar-refractivity contribution in [1.29, 1.82) is 0 Å². The van der Waals surface area contributed by atoms with E-state index in [1.807, 2.05) is 13.8 Å². The molecule has 1 fully saturated rings. The number of aromatic nitrogens is 1. The number of nitrogens with zero attached hydrogens (tertiary/aromatic N) is 3. The molecule has 1 saturated heterocycles. The molecule has 0 amide bonds. The number of aliphatic imine (C=N–C) groups is 1. The molecule has 1 aliphatic heterocycles. The Kier molecular flexibility index (Phi) is 7.75. The van der Waals surface area contributed by atoms with Gasteiger partial charge in [0.2, 0.25) is 5.89 Å². The minimum absolute atomic E-state index is 0.584. The fourth-order valence-corrected chi connectivity index (χ4v) is 3.00. The molecular formula is C19H35N5O. The monoisotopic (exact) mass is 349 g/mol. The van der Waals surface area contributed by atoms with Crippen LogP contribution in [0.1, 0.15) is 51.0 Å². The second-order valence-electron chi connectivity index (χ2n) is 7.46. The van der Waals surface area contributed by atoms with E-state index in [-0.39, 0.29) is 0 Å². The third kappa shape index (κ3) is 6.69. The van der Waals surface area contributed by atoms with Gasteiger partial charge in [-0.2, -0.15) is 0 Å². The maximum atomic E-state index is 5.71. The van der Waals surface area contributed by atoms with Crippen LogP contribution in [0.5, 0.6) is 0 Å². The number of oxazole rings is 1. The molecule has 0 unspecified atom stereocenters. The highest BCUT2D eigenvalue weighted by molar-refractivity contribution is 5.79. The van der Waals surface area contributed by atoms with Gasteiger partial charge in [-0.3, -0.25) is 9.89 Å². The van der Waals surface area contributed by atoms with Gasteiger partial charge >= 0.3 is 0 Å². The molecular weight excluding hydrogens is 314 g/mol. The zero-order valence-electron chi connectivity index (χ0n) is 16.6. The first kappa shape index (κ1) is 19.8. The Bertz CT molecular complexity index is 525. The van der Waals surface area contributed by atoms with E-state index >= 15 is 0 Å². The van der Waals surface area contributed by atoms with Crippen molar-refractivity contribution in [3.05, 3.63) is 17.3 Å². The zero-order chi connectivity index (χ0) is 18.2. The van der Waals surface area contributed by atoms with Gasteiger partial charge in [0.15, 0.2) is 5.96 Å². The predicted octanol–water partition coefficient (Wildman–Crippen LogP) is 2.71. The topological polar surface area (TPSA) is 65.7 Å². The number of hydrogen-bond acceptors (Lipinski definition) is 4. The molecule has 2 heterocycles. The standard InChI is InChI=1S/C19H35N5O/c1-6-20-19(21-11-14(2)3)22-12-17-7-9-24(10-8-17)13-18-23-15(4)16(5)25-18/h14,17H,6-13H2,1-5H3,(H2,20,21,22). The number of hydrogen-bond donors (Lipinski definition) is 2. The highest BCUT2D eigenvalue weighted by atomic mass is 16.4. The fraction of sp³-hybridized carbons (Fsp3) is 0.789. The van der Waals surface area contributed by atoms with Crippen LogP contribution < -0.4 is 10.6 Å². The first-order valence-electron chi connectivity index (χ1n) is 9.65. The summed E-state index contributed by atoms with van der Waals surface area (Å²) < 4.78 is 5.71. The van der Waals surface area contributed by atoms with Crippen molar-refractivity contribution >= 4 is 5.96 Å². The second-order valence-corrected chi connectivity index (χ2v) is 7.46. The molecule has 6 nitrogen and oxygen atoms in total. The van der Waals surface area contributed by atoms with Crippen LogP contribution in [0.4, 0.5) is 0 Å². The molecule has 1 aliphatic rings. The van der Waals surface area contributed by atoms with E-state index in [1.54, 1.807) is 0 Å². The van der Waals surface area contributed by atoms with Crippen molar-refractivity contribution in [3.63, 3.8) is 0 Å². The van der Waals surface area contributed by atoms with Crippen LogP contribution >= 0.6 is 0 Å². The van der Waals surface area contributed by atoms with Crippen molar-refractivity contribution in [2.45, 2.75) is 54.0 Å². The Labute approximate surface area is 152 Å². The van der Waals surface area contributed by atoms with Crippen molar-refractivity contribution in [1.82, 2.24) is 20.5 Å². The van der Waals surface area contributed by atoms with Gasteiger partial charge < -0.3 is 15.1 Å². The normalized spacial score (nSPS) is 17.3. The number of guanidine groups is 1. The average molecular weight is 350 g/mol. The third-order valence-corrected chi connectivity index (χ3v) is 4.66. The lowest BCUT2D eigenvalue weighted by Gasteiger charge is -2.31. The maximum absolute atomic E-state index is 5.71. The lowest BCUT2D eigenvalue weighted by molar-refractivity contribution is 0.164. The van der Waals surface area contributed by atoms with Crippen molar-refractivity contribution in [3.8, 4) is 0 Å². The van der Waals surface area contributed by atoms with E-state index in [2.05, 4.69) is 46.3 Å². The number of aryl methyl sites for hydroxylation is 2. The Morgan fingerprint density at radius 3 is 2.56 bits per heavy atom. The van der Waals surface area contributed by atoms with Crippen LogP contribution in [0, 0.1) is 25.7 Å². The van der Waals surface area contributed by atoms with E-state index < -0.39 is 0 Å². The number of likely N-dealkylation sites (tertiary alicyclic amines) is 1. The van der Waals surface area contributed by atoms with Crippen LogP contribution in [0.3, 0.4) is 0 Å². The van der Waals surface area contributed by atoms with Crippen molar-refractivity contribution < 1.29 is 4.42 Å². The maximum Gasteiger partial charge on any atom is 0.208 e. The Morgan fingerprint density at radius 2 is 2.00 bits per heavy atom. The summed E-state index contributed by atoms with van der Waals surface area (Å²) in [6.07, 6.45) is 2.41. The molecule has 0 aliphatic carbocycles. The summed E-state index contributed by atoms with van der Waals surface area (Å²) in [4.78, 5) is 11.6. The number of nitrogens with one attached hydrogen (secondary N) is 2. The van der Waals surface area contributed by atoms with Gasteiger partial charge in [-0.25, -0.2) is 4.98 Å². The molecule has 0 aromatic carbocycles. The molecule has 2 rings (SSSR count). The van der Waals surface area contributed by atoms with Crippen molar-refractivity contribution in [2.75, 3.05) is 32.7 Å². The lowest BCUT2D eigenvalue weighted by atomic mass is 9.97. The minimum atomic E-state index is 0.584. The molecule has 0 radical (unpaired) electrons. The summed E-state index contributed by atoms with van der Waals surface area (Å²) >= 11 is 0. The van der Waals surface area contributed by atoms with E-state index in [0.717, 1.165) is 62.6 Å². The molecule has 2 N–H and O–H groups in total. The minimum Gasteiger partial charge on any atom is -0.444 e. The molecule has 25 heavy (non-hydrogen) atoms. The molecule has 0 saturated carbocycles. The molecule has 6 heteroatoms. The van der Waals surface area contributed by atoms with E-state index in [1.165, 1.54) is 12.8 Å². The molecule has 0 spiro atoms. The summed E-state index contributed by atoms with van der Waals surface area (Å²) in [6.45, 7) is 16.3. The average Bonchev–Trinajstić information content (AvgIpc) is 2.89. The van der Waals surface area contributed by atoms with Gasteiger partial charge in [-0.1, -0.05) is 13.8 Å². The summed E-state index contributed by atoms with van der Waals surface area (Å²) in [6, 6.07) is 0. The smallest absolute Gasteiger partial charge is 0.208 e. The van der Waals surface area contributed by atoms with Gasteiger partial charge in [-0.05, 0) is 58.5 Å². The Morgan fingerprint density at radius 1 is 1.28 bits per heavy atom. The van der Waals surface area contributed by atoms with Crippen LogP contribution in [0.25, 0.3) is 0 Å². The second kappa shape index (κ2) is 9.80. The van der Waals surface area contributed by atoms with E-state index in [0.29, 0.717) is 11.8 Å². The highest BCUT2D eigenvalue weighted by Gasteiger charge is 2.21. The highest BCUT2D eigenvalue weighted by Crippen LogP contribution is 2.19. The number of piperidine rings is 1. The molecule has 0 atom stereocenters. The van der Waals surface area contributed by atoms with Gasteiger partial charge in [0, 0.05) is 19.6 Å². The predicted molar refractivity (Wildman–Crippen MR) is 103 cm³/mol. The summed E-state index contributed by atoms with van der Waals surface area (Å²) in [5, 5.41) is 6.84. The van der Waals surface area contributed by atoms with E-state index in [4.69, 9.17) is 4.42 Å². The van der Waals surface area contributed by atoms with Gasteiger partial charge in [0.1, 0.15) is 5.76 Å². The number of rotatable bonds is 7. The first-order valence-corrected chi connectivity index (χ1v) is 9.65. The molecule has 0 bridgehead atoms. The molecule has 1 aromatic heterocycles. The van der Waals surface area contributed by atoms with Crippen LogP contribution in [-0.4, -0.2) is 48.6 Å². The lowest BCUT2D eigenvalue weighted by Crippen LogP contribution is -2.43. The quantitative estimate of drug-likeness (QED) is 0.585. The van der Waals surface area contributed by atoms with Gasteiger partial charge in [0.05, 0.1) is 12.2 Å². The van der Waals surface area contributed by atoms with Crippen LogP contribution in [0.15, 0.2) is 9.41 Å².